The lowest BCUT2D eigenvalue weighted by molar-refractivity contribution is 0.0771. The SMILES string of the molecule is CC1(C)CCN(C(=O)c2n[nH]c3c2CNCC3)C1.Cl. The second-order valence-electron chi connectivity index (χ2n) is 6.10. The Morgan fingerprint density at radius 2 is 2.21 bits per heavy atom. The molecule has 106 valence electrons. The first-order chi connectivity index (χ1) is 8.57. The Morgan fingerprint density at radius 3 is 2.89 bits per heavy atom. The highest BCUT2D eigenvalue weighted by Gasteiger charge is 2.34. The van der Waals surface area contributed by atoms with E-state index in [2.05, 4.69) is 29.4 Å². The number of fused-ring (bicyclic) bond motifs is 1. The van der Waals surface area contributed by atoms with Gasteiger partial charge >= 0.3 is 0 Å². The number of aromatic nitrogens is 2. The average molecular weight is 285 g/mol. The zero-order valence-corrected chi connectivity index (χ0v) is 12.3. The molecule has 1 saturated heterocycles. The van der Waals surface area contributed by atoms with Crippen LogP contribution in [0.4, 0.5) is 0 Å². The summed E-state index contributed by atoms with van der Waals surface area (Å²) in [5, 5.41) is 10.5. The summed E-state index contributed by atoms with van der Waals surface area (Å²) < 4.78 is 0. The van der Waals surface area contributed by atoms with Gasteiger partial charge in [0, 0.05) is 43.9 Å². The maximum atomic E-state index is 12.5. The van der Waals surface area contributed by atoms with Crippen LogP contribution < -0.4 is 5.32 Å². The second kappa shape index (κ2) is 5.13. The van der Waals surface area contributed by atoms with E-state index in [0.29, 0.717) is 5.69 Å². The molecule has 1 amide bonds. The van der Waals surface area contributed by atoms with E-state index >= 15 is 0 Å². The van der Waals surface area contributed by atoms with Crippen LogP contribution in [0.5, 0.6) is 0 Å². The molecule has 2 N–H and O–H groups in total. The molecule has 1 aromatic heterocycles. The molecule has 0 atom stereocenters. The van der Waals surface area contributed by atoms with Gasteiger partial charge in [0.05, 0.1) is 0 Å². The first-order valence-electron chi connectivity index (χ1n) is 6.63. The van der Waals surface area contributed by atoms with Crippen LogP contribution in [0.15, 0.2) is 0 Å². The van der Waals surface area contributed by atoms with Crippen molar-refractivity contribution in [2.45, 2.75) is 33.2 Å². The van der Waals surface area contributed by atoms with Gasteiger partial charge in [0.15, 0.2) is 5.69 Å². The zero-order chi connectivity index (χ0) is 12.8. The molecule has 6 heteroatoms. The summed E-state index contributed by atoms with van der Waals surface area (Å²) in [4.78, 5) is 14.4. The van der Waals surface area contributed by atoms with Gasteiger partial charge in [-0.05, 0) is 11.8 Å². The number of likely N-dealkylation sites (tertiary alicyclic amines) is 1. The lowest BCUT2D eigenvalue weighted by Crippen LogP contribution is -2.32. The first-order valence-corrected chi connectivity index (χ1v) is 6.63. The quantitative estimate of drug-likeness (QED) is 0.818. The Hall–Kier alpha value is -1.07. The molecule has 1 aromatic rings. The van der Waals surface area contributed by atoms with Gasteiger partial charge in [-0.2, -0.15) is 5.10 Å². The predicted molar refractivity (Wildman–Crippen MR) is 75.5 cm³/mol. The average Bonchev–Trinajstić information content (AvgIpc) is 2.91. The van der Waals surface area contributed by atoms with E-state index in [9.17, 15) is 4.79 Å². The van der Waals surface area contributed by atoms with Crippen LogP contribution >= 0.6 is 12.4 Å². The number of hydrogen-bond donors (Lipinski definition) is 2. The lowest BCUT2D eigenvalue weighted by atomic mass is 9.93. The van der Waals surface area contributed by atoms with Gasteiger partial charge in [-0.25, -0.2) is 0 Å². The maximum absolute atomic E-state index is 12.5. The number of carbonyl (C=O) groups is 1. The molecule has 0 saturated carbocycles. The van der Waals surface area contributed by atoms with Gasteiger partial charge in [0.2, 0.25) is 0 Å². The van der Waals surface area contributed by atoms with E-state index in [4.69, 9.17) is 0 Å². The largest absolute Gasteiger partial charge is 0.337 e. The van der Waals surface area contributed by atoms with Crippen molar-refractivity contribution in [3.63, 3.8) is 0 Å². The third-order valence-electron chi connectivity index (χ3n) is 3.97. The third kappa shape index (κ3) is 2.62. The van der Waals surface area contributed by atoms with Crippen molar-refractivity contribution in [1.29, 1.82) is 0 Å². The van der Waals surface area contributed by atoms with E-state index in [-0.39, 0.29) is 23.7 Å². The number of aromatic amines is 1. The molecule has 19 heavy (non-hydrogen) atoms. The van der Waals surface area contributed by atoms with Crippen molar-refractivity contribution in [2.75, 3.05) is 19.6 Å². The van der Waals surface area contributed by atoms with Crippen molar-refractivity contribution >= 4 is 18.3 Å². The Morgan fingerprint density at radius 1 is 1.42 bits per heavy atom. The molecule has 0 aliphatic carbocycles. The molecule has 5 nitrogen and oxygen atoms in total. The minimum Gasteiger partial charge on any atom is -0.337 e. The topological polar surface area (TPSA) is 61.0 Å². The van der Waals surface area contributed by atoms with Gasteiger partial charge in [0.1, 0.15) is 0 Å². The lowest BCUT2D eigenvalue weighted by Gasteiger charge is -2.20. The van der Waals surface area contributed by atoms with Crippen LogP contribution in [-0.4, -0.2) is 40.6 Å². The van der Waals surface area contributed by atoms with Gasteiger partial charge in [-0.15, -0.1) is 12.4 Å². The number of rotatable bonds is 1. The molecule has 3 heterocycles. The van der Waals surface area contributed by atoms with Crippen LogP contribution in [0, 0.1) is 5.41 Å². The number of H-pyrrole nitrogens is 1. The summed E-state index contributed by atoms with van der Waals surface area (Å²) in [5.41, 5.74) is 3.05. The fourth-order valence-corrected chi connectivity index (χ4v) is 2.84. The number of halogens is 1. The highest BCUT2D eigenvalue weighted by atomic mass is 35.5. The van der Waals surface area contributed by atoms with Crippen molar-refractivity contribution in [2.24, 2.45) is 5.41 Å². The molecule has 2 aliphatic heterocycles. The van der Waals surface area contributed by atoms with Gasteiger partial charge in [0.25, 0.3) is 5.91 Å². The fourth-order valence-electron chi connectivity index (χ4n) is 2.84. The van der Waals surface area contributed by atoms with E-state index in [1.807, 2.05) is 4.90 Å². The minimum absolute atomic E-state index is 0. The molecule has 2 aliphatic rings. The third-order valence-corrected chi connectivity index (χ3v) is 3.97. The number of carbonyl (C=O) groups excluding carboxylic acids is 1. The summed E-state index contributed by atoms with van der Waals surface area (Å²) in [7, 11) is 0. The van der Waals surface area contributed by atoms with E-state index in [1.165, 1.54) is 0 Å². The molecule has 0 aromatic carbocycles. The fraction of sp³-hybridized carbons (Fsp3) is 0.692. The first kappa shape index (κ1) is 14.3. The standard InChI is InChI=1S/C13H20N4O.ClH/c1-13(2)4-6-17(8-13)12(18)11-9-7-14-5-3-10(9)15-16-11;/h14H,3-8H2,1-2H3,(H,15,16);1H. The second-order valence-corrected chi connectivity index (χ2v) is 6.10. The maximum Gasteiger partial charge on any atom is 0.274 e. The predicted octanol–water partition coefficient (Wildman–Crippen LogP) is 1.35. The minimum atomic E-state index is 0. The van der Waals surface area contributed by atoms with Crippen molar-refractivity contribution in [3.8, 4) is 0 Å². The van der Waals surface area contributed by atoms with Crippen molar-refractivity contribution in [3.05, 3.63) is 17.0 Å². The number of nitrogens with zero attached hydrogens (tertiary/aromatic N) is 2. The molecule has 0 unspecified atom stereocenters. The van der Waals surface area contributed by atoms with Crippen LogP contribution in [-0.2, 0) is 13.0 Å². The molecule has 0 radical (unpaired) electrons. The van der Waals surface area contributed by atoms with Gasteiger partial charge < -0.3 is 10.2 Å². The van der Waals surface area contributed by atoms with E-state index in [1.54, 1.807) is 0 Å². The van der Waals surface area contributed by atoms with Crippen LogP contribution in [0.3, 0.4) is 0 Å². The zero-order valence-electron chi connectivity index (χ0n) is 11.5. The number of nitrogens with one attached hydrogen (secondary N) is 2. The summed E-state index contributed by atoms with van der Waals surface area (Å²) in [6.45, 7) is 7.81. The normalized spacial score (nSPS) is 20.8. The van der Waals surface area contributed by atoms with Crippen LogP contribution in [0.25, 0.3) is 0 Å². The summed E-state index contributed by atoms with van der Waals surface area (Å²) in [6.07, 6.45) is 2.00. The number of hydrogen-bond acceptors (Lipinski definition) is 3. The summed E-state index contributed by atoms with van der Waals surface area (Å²) in [5.74, 6) is 0.0850. The van der Waals surface area contributed by atoms with E-state index < -0.39 is 0 Å². The Bertz CT molecular complexity index is 483. The molecular formula is C13H21ClN4O. The molecule has 3 rings (SSSR count). The van der Waals surface area contributed by atoms with Crippen molar-refractivity contribution in [1.82, 2.24) is 20.4 Å². The monoisotopic (exact) mass is 284 g/mol. The molecule has 1 fully saturated rings. The number of amides is 1. The van der Waals surface area contributed by atoms with E-state index in [0.717, 1.165) is 50.3 Å². The molecule has 0 spiro atoms. The smallest absolute Gasteiger partial charge is 0.274 e. The van der Waals surface area contributed by atoms with Crippen molar-refractivity contribution < 1.29 is 4.79 Å². The van der Waals surface area contributed by atoms with Gasteiger partial charge in [-0.1, -0.05) is 13.8 Å². The van der Waals surface area contributed by atoms with Crippen LogP contribution in [0.2, 0.25) is 0 Å². The molecular weight excluding hydrogens is 264 g/mol. The Labute approximate surface area is 119 Å². The van der Waals surface area contributed by atoms with Gasteiger partial charge in [-0.3, -0.25) is 9.89 Å². The Balaban J connectivity index is 0.00000133. The highest BCUT2D eigenvalue weighted by Crippen LogP contribution is 2.30. The van der Waals surface area contributed by atoms with Crippen LogP contribution in [0.1, 0.15) is 42.0 Å². The Kier molecular flexibility index (Phi) is 3.87. The summed E-state index contributed by atoms with van der Waals surface area (Å²) >= 11 is 0. The summed E-state index contributed by atoms with van der Waals surface area (Å²) in [6, 6.07) is 0. The molecule has 0 bridgehead atoms. The highest BCUT2D eigenvalue weighted by molar-refractivity contribution is 5.94.